The highest BCUT2D eigenvalue weighted by Gasteiger charge is 2.12. The summed E-state index contributed by atoms with van der Waals surface area (Å²) in [5.41, 5.74) is 0.866. The Balaban J connectivity index is 0.00000162. The van der Waals surface area contributed by atoms with E-state index in [9.17, 15) is 4.79 Å². The largest absolute Gasteiger partial charge is 0.325 e. The van der Waals surface area contributed by atoms with Gasteiger partial charge in [0, 0.05) is 18.8 Å². The summed E-state index contributed by atoms with van der Waals surface area (Å²) < 4.78 is 0. The molecule has 0 aromatic heterocycles. The first-order valence-electron chi connectivity index (χ1n) is 6.12. The highest BCUT2D eigenvalue weighted by atomic mass is 35.5. The molecule has 0 radical (unpaired) electrons. The molecule has 1 aliphatic heterocycles. The molecule has 5 heteroatoms. The van der Waals surface area contributed by atoms with Crippen LogP contribution in [-0.2, 0) is 4.79 Å². The van der Waals surface area contributed by atoms with E-state index in [1.54, 1.807) is 0 Å². The average molecular weight is 270 g/mol. The molecule has 1 amide bonds. The lowest BCUT2D eigenvalue weighted by Gasteiger charge is -2.18. The zero-order valence-corrected chi connectivity index (χ0v) is 11.2. The van der Waals surface area contributed by atoms with E-state index in [-0.39, 0.29) is 18.3 Å². The maximum absolute atomic E-state index is 11.8. The molecular weight excluding hydrogens is 250 g/mol. The standard InChI is InChI=1S/C13H19N3O.ClH/c17-13(15-12-5-2-1-3-6-12)11-16-9-4-7-14-8-10-16;/h1-3,5-6,14H,4,7-11H2,(H,15,17);1H. The van der Waals surface area contributed by atoms with Crippen LogP contribution in [0.4, 0.5) is 5.69 Å². The number of rotatable bonds is 3. The smallest absolute Gasteiger partial charge is 0.238 e. The van der Waals surface area contributed by atoms with E-state index in [0.717, 1.165) is 38.3 Å². The zero-order valence-electron chi connectivity index (χ0n) is 10.4. The lowest BCUT2D eigenvalue weighted by molar-refractivity contribution is -0.117. The fraction of sp³-hybridized carbons (Fsp3) is 0.462. The van der Waals surface area contributed by atoms with Crippen molar-refractivity contribution in [3.8, 4) is 0 Å². The third kappa shape index (κ3) is 5.04. The fourth-order valence-electron chi connectivity index (χ4n) is 1.98. The second kappa shape index (κ2) is 8.08. The van der Waals surface area contributed by atoms with Crippen LogP contribution >= 0.6 is 12.4 Å². The Kier molecular flexibility index (Phi) is 6.72. The molecule has 1 heterocycles. The van der Waals surface area contributed by atoms with Gasteiger partial charge < -0.3 is 10.6 Å². The molecule has 0 saturated carbocycles. The minimum absolute atomic E-state index is 0. The van der Waals surface area contributed by atoms with Crippen LogP contribution in [0, 0.1) is 0 Å². The van der Waals surface area contributed by atoms with Crippen LogP contribution in [0.1, 0.15) is 6.42 Å². The number of benzene rings is 1. The molecule has 4 nitrogen and oxygen atoms in total. The number of hydrogen-bond acceptors (Lipinski definition) is 3. The van der Waals surface area contributed by atoms with Gasteiger partial charge in [0.2, 0.25) is 5.91 Å². The number of anilines is 1. The van der Waals surface area contributed by atoms with E-state index in [4.69, 9.17) is 0 Å². The Morgan fingerprint density at radius 1 is 1.22 bits per heavy atom. The van der Waals surface area contributed by atoms with Crippen molar-refractivity contribution in [2.75, 3.05) is 38.0 Å². The van der Waals surface area contributed by atoms with Crippen molar-refractivity contribution in [3.63, 3.8) is 0 Å². The van der Waals surface area contributed by atoms with Crippen molar-refractivity contribution in [2.45, 2.75) is 6.42 Å². The molecule has 1 fully saturated rings. The van der Waals surface area contributed by atoms with E-state index in [1.165, 1.54) is 0 Å². The van der Waals surface area contributed by atoms with Crippen LogP contribution in [0.15, 0.2) is 30.3 Å². The van der Waals surface area contributed by atoms with E-state index >= 15 is 0 Å². The first-order valence-corrected chi connectivity index (χ1v) is 6.12. The van der Waals surface area contributed by atoms with E-state index in [2.05, 4.69) is 15.5 Å². The van der Waals surface area contributed by atoms with Gasteiger partial charge in [-0.2, -0.15) is 0 Å². The first kappa shape index (κ1) is 15.0. The highest BCUT2D eigenvalue weighted by Crippen LogP contribution is 2.05. The van der Waals surface area contributed by atoms with Crippen molar-refractivity contribution >= 4 is 24.0 Å². The maximum Gasteiger partial charge on any atom is 0.238 e. The predicted octanol–water partition coefficient (Wildman–Crippen LogP) is 1.34. The number of nitrogens with zero attached hydrogens (tertiary/aromatic N) is 1. The summed E-state index contributed by atoms with van der Waals surface area (Å²) in [5, 5.41) is 6.24. The van der Waals surface area contributed by atoms with Crippen LogP contribution in [0.5, 0.6) is 0 Å². The molecule has 0 bridgehead atoms. The van der Waals surface area contributed by atoms with Crippen molar-refractivity contribution in [1.29, 1.82) is 0 Å². The fourth-order valence-corrected chi connectivity index (χ4v) is 1.98. The van der Waals surface area contributed by atoms with Crippen molar-refractivity contribution in [1.82, 2.24) is 10.2 Å². The molecule has 1 aliphatic rings. The molecule has 1 aromatic rings. The third-order valence-corrected chi connectivity index (χ3v) is 2.86. The van der Waals surface area contributed by atoms with Crippen LogP contribution in [-0.4, -0.2) is 43.5 Å². The van der Waals surface area contributed by atoms with Gasteiger partial charge in [-0.3, -0.25) is 9.69 Å². The summed E-state index contributed by atoms with van der Waals surface area (Å²) in [6.07, 6.45) is 1.11. The number of hydrogen-bond donors (Lipinski definition) is 2. The SMILES string of the molecule is Cl.O=C(CN1CCCNCC1)Nc1ccccc1. The van der Waals surface area contributed by atoms with Crippen molar-refractivity contribution < 1.29 is 4.79 Å². The molecular formula is C13H20ClN3O. The lowest BCUT2D eigenvalue weighted by Crippen LogP contribution is -2.35. The summed E-state index contributed by atoms with van der Waals surface area (Å²) in [6.45, 7) is 4.45. The molecule has 0 unspecified atom stereocenters. The zero-order chi connectivity index (χ0) is 11.9. The first-order chi connectivity index (χ1) is 8.34. The normalized spacial score (nSPS) is 16.4. The summed E-state index contributed by atoms with van der Waals surface area (Å²) in [5.74, 6) is 0.0677. The summed E-state index contributed by atoms with van der Waals surface area (Å²) in [7, 11) is 0. The Bertz CT molecular complexity index is 351. The average Bonchev–Trinajstić information content (AvgIpc) is 2.59. The van der Waals surface area contributed by atoms with E-state index in [0.29, 0.717) is 6.54 Å². The summed E-state index contributed by atoms with van der Waals surface area (Å²) in [6, 6.07) is 9.59. The number of carbonyl (C=O) groups is 1. The topological polar surface area (TPSA) is 44.4 Å². The number of halogens is 1. The molecule has 2 N–H and O–H groups in total. The molecule has 1 aromatic carbocycles. The highest BCUT2D eigenvalue weighted by molar-refractivity contribution is 5.92. The van der Waals surface area contributed by atoms with Gasteiger partial charge in [-0.1, -0.05) is 18.2 Å². The Hall–Kier alpha value is -1.10. The van der Waals surface area contributed by atoms with Crippen LogP contribution in [0.3, 0.4) is 0 Å². The van der Waals surface area contributed by atoms with Gasteiger partial charge in [-0.15, -0.1) is 12.4 Å². The van der Waals surface area contributed by atoms with Crippen LogP contribution in [0.25, 0.3) is 0 Å². The molecule has 0 aliphatic carbocycles. The van der Waals surface area contributed by atoms with Crippen molar-refractivity contribution in [3.05, 3.63) is 30.3 Å². The number of amides is 1. The number of nitrogens with one attached hydrogen (secondary N) is 2. The van der Waals surface area contributed by atoms with Gasteiger partial charge in [0.15, 0.2) is 0 Å². The van der Waals surface area contributed by atoms with Gasteiger partial charge in [0.05, 0.1) is 6.54 Å². The number of para-hydroxylation sites is 1. The molecule has 18 heavy (non-hydrogen) atoms. The molecule has 0 spiro atoms. The van der Waals surface area contributed by atoms with Gasteiger partial charge in [-0.05, 0) is 31.6 Å². The van der Waals surface area contributed by atoms with Crippen LogP contribution < -0.4 is 10.6 Å². The number of carbonyl (C=O) groups excluding carboxylic acids is 1. The third-order valence-electron chi connectivity index (χ3n) is 2.86. The van der Waals surface area contributed by atoms with E-state index < -0.39 is 0 Å². The minimum atomic E-state index is 0. The van der Waals surface area contributed by atoms with Gasteiger partial charge >= 0.3 is 0 Å². The van der Waals surface area contributed by atoms with Crippen molar-refractivity contribution in [2.24, 2.45) is 0 Å². The second-order valence-electron chi connectivity index (χ2n) is 4.29. The van der Waals surface area contributed by atoms with Gasteiger partial charge in [0.1, 0.15) is 0 Å². The lowest BCUT2D eigenvalue weighted by atomic mass is 10.3. The Morgan fingerprint density at radius 2 is 2.00 bits per heavy atom. The molecule has 2 rings (SSSR count). The predicted molar refractivity (Wildman–Crippen MR) is 76.2 cm³/mol. The summed E-state index contributed by atoms with van der Waals surface area (Å²) in [4.78, 5) is 14.0. The monoisotopic (exact) mass is 269 g/mol. The molecule has 100 valence electrons. The van der Waals surface area contributed by atoms with Gasteiger partial charge in [0.25, 0.3) is 0 Å². The van der Waals surface area contributed by atoms with Crippen LogP contribution in [0.2, 0.25) is 0 Å². The minimum Gasteiger partial charge on any atom is -0.325 e. The Labute approximate surface area is 114 Å². The quantitative estimate of drug-likeness (QED) is 0.871. The van der Waals surface area contributed by atoms with E-state index in [1.807, 2.05) is 30.3 Å². The summed E-state index contributed by atoms with van der Waals surface area (Å²) >= 11 is 0. The second-order valence-corrected chi connectivity index (χ2v) is 4.29. The molecule has 0 atom stereocenters. The molecule has 1 saturated heterocycles. The Morgan fingerprint density at radius 3 is 2.78 bits per heavy atom. The van der Waals surface area contributed by atoms with Gasteiger partial charge in [-0.25, -0.2) is 0 Å². The maximum atomic E-state index is 11.8.